The van der Waals surface area contributed by atoms with E-state index in [2.05, 4.69) is 10.5 Å². The summed E-state index contributed by atoms with van der Waals surface area (Å²) >= 11 is 0. The molecular formula is C18H19N3O6. The van der Waals surface area contributed by atoms with E-state index in [4.69, 9.17) is 14.3 Å². The maximum absolute atomic E-state index is 11.8. The molecule has 142 valence electrons. The van der Waals surface area contributed by atoms with E-state index in [0.29, 0.717) is 0 Å². The average Bonchev–Trinajstić information content (AvgIpc) is 2.66. The number of hydrogen-bond donors (Lipinski definition) is 1. The molecule has 0 heterocycles. The van der Waals surface area contributed by atoms with Gasteiger partial charge in [0.25, 0.3) is 11.6 Å². The van der Waals surface area contributed by atoms with Gasteiger partial charge in [-0.2, -0.15) is 0 Å². The summed E-state index contributed by atoms with van der Waals surface area (Å²) in [6, 6.07) is 11.4. The van der Waals surface area contributed by atoms with Crippen LogP contribution in [-0.2, 0) is 9.63 Å². The second kappa shape index (κ2) is 9.76. The van der Waals surface area contributed by atoms with Gasteiger partial charge in [0.15, 0.2) is 6.61 Å². The molecule has 0 radical (unpaired) electrons. The first-order chi connectivity index (χ1) is 13.0. The van der Waals surface area contributed by atoms with Crippen LogP contribution in [0.5, 0.6) is 11.5 Å². The van der Waals surface area contributed by atoms with Gasteiger partial charge in [-0.05, 0) is 25.1 Å². The summed E-state index contributed by atoms with van der Waals surface area (Å²) in [5.74, 6) is 0.316. The quantitative estimate of drug-likeness (QED) is 0.313. The third-order valence-corrected chi connectivity index (χ3v) is 3.36. The van der Waals surface area contributed by atoms with E-state index >= 15 is 0 Å². The Balaban J connectivity index is 1.76. The van der Waals surface area contributed by atoms with Crippen molar-refractivity contribution in [2.24, 2.45) is 5.16 Å². The zero-order valence-corrected chi connectivity index (χ0v) is 14.9. The van der Waals surface area contributed by atoms with Crippen molar-refractivity contribution in [2.45, 2.75) is 6.92 Å². The number of nitrogens with zero attached hydrogens (tertiary/aromatic N) is 2. The summed E-state index contributed by atoms with van der Waals surface area (Å²) in [5.41, 5.74) is 1.27. The lowest BCUT2D eigenvalue weighted by Crippen LogP contribution is -2.14. The van der Waals surface area contributed by atoms with E-state index in [1.807, 2.05) is 31.2 Å². The van der Waals surface area contributed by atoms with Crippen LogP contribution in [0.25, 0.3) is 0 Å². The molecule has 0 fully saturated rings. The Hall–Kier alpha value is -3.62. The van der Waals surface area contributed by atoms with Gasteiger partial charge in [-0.1, -0.05) is 22.9 Å². The smallest absolute Gasteiger partial charge is 0.273 e. The number of oxime groups is 1. The van der Waals surface area contributed by atoms with E-state index in [-0.39, 0.29) is 30.3 Å². The van der Waals surface area contributed by atoms with Crippen LogP contribution in [0.15, 0.2) is 47.6 Å². The highest BCUT2D eigenvalue weighted by atomic mass is 16.6. The Labute approximate surface area is 155 Å². The highest BCUT2D eigenvalue weighted by Gasteiger charge is 2.12. The number of anilines is 1. The molecule has 0 saturated heterocycles. The van der Waals surface area contributed by atoms with Gasteiger partial charge >= 0.3 is 0 Å². The van der Waals surface area contributed by atoms with E-state index in [1.54, 1.807) is 0 Å². The van der Waals surface area contributed by atoms with Crippen molar-refractivity contribution in [1.29, 1.82) is 0 Å². The number of nitro groups is 1. The largest absolute Gasteiger partial charge is 0.494 e. The van der Waals surface area contributed by atoms with Crippen molar-refractivity contribution in [2.75, 3.05) is 25.6 Å². The molecule has 9 heteroatoms. The molecule has 0 aliphatic carbocycles. The molecule has 0 unspecified atom stereocenters. The minimum absolute atomic E-state index is 0.143. The fourth-order valence-electron chi connectivity index (χ4n) is 2.03. The van der Waals surface area contributed by atoms with Crippen LogP contribution in [0.3, 0.4) is 0 Å². The molecule has 2 aromatic carbocycles. The summed E-state index contributed by atoms with van der Waals surface area (Å²) in [4.78, 5) is 27.0. The van der Waals surface area contributed by atoms with Gasteiger partial charge in [0.05, 0.1) is 23.8 Å². The van der Waals surface area contributed by atoms with Gasteiger partial charge in [0.1, 0.15) is 24.3 Å². The van der Waals surface area contributed by atoms with Gasteiger partial charge in [0.2, 0.25) is 0 Å². The first-order valence-corrected chi connectivity index (χ1v) is 7.98. The first kappa shape index (κ1) is 19.7. The molecule has 0 aliphatic heterocycles. The van der Waals surface area contributed by atoms with Crippen LogP contribution in [-0.4, -0.2) is 37.4 Å². The summed E-state index contributed by atoms with van der Waals surface area (Å²) in [5, 5.41) is 16.8. The van der Waals surface area contributed by atoms with Gasteiger partial charge in [-0.3, -0.25) is 14.9 Å². The minimum atomic E-state index is -0.568. The molecule has 2 aromatic rings. The van der Waals surface area contributed by atoms with E-state index in [0.717, 1.165) is 17.5 Å². The van der Waals surface area contributed by atoms with Gasteiger partial charge < -0.3 is 19.6 Å². The van der Waals surface area contributed by atoms with E-state index in [1.165, 1.54) is 25.3 Å². The Bertz CT molecular complexity index is 820. The lowest BCUT2D eigenvalue weighted by atomic mass is 10.2. The first-order valence-electron chi connectivity index (χ1n) is 7.98. The summed E-state index contributed by atoms with van der Waals surface area (Å²) in [6.07, 6.45) is 0.951. The number of nitrogens with one attached hydrogen (secondary N) is 1. The Morgan fingerprint density at radius 3 is 2.63 bits per heavy atom. The number of rotatable bonds is 9. The second-order valence-electron chi connectivity index (χ2n) is 5.36. The number of amides is 1. The molecule has 0 spiro atoms. The van der Waals surface area contributed by atoms with Crippen molar-refractivity contribution in [3.05, 3.63) is 58.1 Å². The van der Waals surface area contributed by atoms with Crippen LogP contribution in [0.1, 0.15) is 5.56 Å². The van der Waals surface area contributed by atoms with Crippen LogP contribution in [0.4, 0.5) is 11.4 Å². The third-order valence-electron chi connectivity index (χ3n) is 3.36. The summed E-state index contributed by atoms with van der Waals surface area (Å²) < 4.78 is 10.5. The van der Waals surface area contributed by atoms with Crippen molar-refractivity contribution in [1.82, 2.24) is 0 Å². The highest BCUT2D eigenvalue weighted by Crippen LogP contribution is 2.28. The predicted octanol–water partition coefficient (Wildman–Crippen LogP) is 2.93. The molecule has 1 amide bonds. The van der Waals surface area contributed by atoms with Crippen molar-refractivity contribution >= 4 is 23.5 Å². The molecular weight excluding hydrogens is 354 g/mol. The number of carbonyl (C=O) groups is 1. The highest BCUT2D eigenvalue weighted by molar-refractivity contribution is 6.31. The van der Waals surface area contributed by atoms with Gasteiger partial charge in [-0.15, -0.1) is 0 Å². The van der Waals surface area contributed by atoms with Crippen molar-refractivity contribution in [3.8, 4) is 11.5 Å². The zero-order chi connectivity index (χ0) is 19.6. The van der Waals surface area contributed by atoms with Crippen LogP contribution >= 0.6 is 0 Å². The lowest BCUT2D eigenvalue weighted by molar-refractivity contribution is -0.384. The average molecular weight is 373 g/mol. The number of non-ortho nitro benzene ring substituents is 1. The number of nitro benzene ring substituents is 1. The number of hydrogen-bond acceptors (Lipinski definition) is 7. The fraction of sp³-hybridized carbons (Fsp3) is 0.222. The number of benzene rings is 2. The van der Waals surface area contributed by atoms with Gasteiger partial charge in [0, 0.05) is 6.07 Å². The molecule has 2 rings (SSSR count). The molecule has 0 saturated carbocycles. The molecule has 0 bridgehead atoms. The van der Waals surface area contributed by atoms with Gasteiger partial charge in [-0.25, -0.2) is 0 Å². The predicted molar refractivity (Wildman–Crippen MR) is 99.4 cm³/mol. The molecule has 1 N–H and O–H groups in total. The van der Waals surface area contributed by atoms with E-state index < -0.39 is 10.8 Å². The fourth-order valence-corrected chi connectivity index (χ4v) is 2.03. The molecule has 0 atom stereocenters. The molecule has 9 nitrogen and oxygen atoms in total. The second-order valence-corrected chi connectivity index (χ2v) is 5.36. The van der Waals surface area contributed by atoms with Crippen LogP contribution in [0.2, 0.25) is 0 Å². The number of ether oxygens (including phenoxy) is 2. The number of carbonyl (C=O) groups excluding carboxylic acids is 1. The Morgan fingerprint density at radius 2 is 1.96 bits per heavy atom. The maximum atomic E-state index is 11.8. The number of methoxy groups -OCH3 is 1. The summed E-state index contributed by atoms with van der Waals surface area (Å²) in [6.45, 7) is 2.43. The van der Waals surface area contributed by atoms with Crippen molar-refractivity contribution < 1.29 is 24.0 Å². The zero-order valence-electron chi connectivity index (χ0n) is 14.9. The monoisotopic (exact) mass is 373 g/mol. The van der Waals surface area contributed by atoms with Crippen LogP contribution in [0, 0.1) is 17.0 Å². The van der Waals surface area contributed by atoms with Crippen LogP contribution < -0.4 is 14.8 Å². The molecule has 0 aliphatic rings. The Kier molecular flexibility index (Phi) is 7.12. The minimum Gasteiger partial charge on any atom is -0.494 e. The number of aryl methyl sites for hydroxylation is 1. The van der Waals surface area contributed by atoms with E-state index in [9.17, 15) is 14.9 Å². The molecule has 27 heavy (non-hydrogen) atoms. The topological polar surface area (TPSA) is 112 Å². The molecule has 0 aromatic heterocycles. The summed E-state index contributed by atoms with van der Waals surface area (Å²) in [7, 11) is 1.35. The standard InChI is InChI=1S/C18H19N3O6/c1-13-3-6-15(7-4-13)26-9-10-27-19-12-18(22)20-16-8-5-14(21(23)24)11-17(16)25-2/h3-8,11-12H,9-10H2,1-2H3,(H,20,22)/b19-12-. The normalized spacial score (nSPS) is 10.4. The third kappa shape index (κ3) is 6.31. The van der Waals surface area contributed by atoms with Crippen molar-refractivity contribution in [3.63, 3.8) is 0 Å². The lowest BCUT2D eigenvalue weighted by Gasteiger charge is -2.08. The maximum Gasteiger partial charge on any atom is 0.273 e. The Morgan fingerprint density at radius 1 is 1.22 bits per heavy atom. The SMILES string of the molecule is COc1cc([N+](=O)[O-])ccc1NC(=O)/C=N\OCCOc1ccc(C)cc1.